The van der Waals surface area contributed by atoms with Gasteiger partial charge in [-0.25, -0.2) is 9.97 Å². The van der Waals surface area contributed by atoms with E-state index >= 15 is 0 Å². The molecule has 8 heteroatoms. The van der Waals surface area contributed by atoms with Crippen LogP contribution in [0, 0.1) is 0 Å². The molecule has 1 aliphatic heterocycles. The molecule has 0 amide bonds. The van der Waals surface area contributed by atoms with Crippen LogP contribution in [0.2, 0.25) is 0 Å². The minimum absolute atomic E-state index is 0.183. The van der Waals surface area contributed by atoms with Crippen LogP contribution >= 0.6 is 0 Å². The minimum Gasteiger partial charge on any atom is -0.504 e. The molecule has 28 heavy (non-hydrogen) atoms. The Morgan fingerprint density at radius 1 is 1.18 bits per heavy atom. The molecular formula is C20H17N5O3. The zero-order valence-corrected chi connectivity index (χ0v) is 14.9. The number of nitrogens with zero attached hydrogens (tertiary/aromatic N) is 3. The van der Waals surface area contributed by atoms with E-state index in [1.165, 1.54) is 24.2 Å². The molecule has 1 atom stereocenters. The molecule has 0 bridgehead atoms. The van der Waals surface area contributed by atoms with Crippen LogP contribution in [0.4, 0.5) is 5.69 Å². The summed E-state index contributed by atoms with van der Waals surface area (Å²) in [5, 5.41) is 24.5. The Kier molecular flexibility index (Phi) is 3.35. The summed E-state index contributed by atoms with van der Waals surface area (Å²) in [7, 11) is 1.44. The monoisotopic (exact) mass is 375 g/mol. The average Bonchev–Trinajstić information content (AvgIpc) is 2.97. The number of fused-ring (bicyclic) bond motifs is 2. The van der Waals surface area contributed by atoms with E-state index in [9.17, 15) is 10.2 Å². The fourth-order valence-corrected chi connectivity index (χ4v) is 3.78. The number of phenolic OH excluding ortho intramolecular Hbond substituents is 2. The number of aromatic hydroxyl groups is 2. The van der Waals surface area contributed by atoms with E-state index in [-0.39, 0.29) is 23.3 Å². The van der Waals surface area contributed by atoms with Gasteiger partial charge in [-0.2, -0.15) is 0 Å². The molecule has 2 aromatic carbocycles. The van der Waals surface area contributed by atoms with Gasteiger partial charge in [-0.05, 0) is 23.8 Å². The predicted octanol–water partition coefficient (Wildman–Crippen LogP) is 2.75. The van der Waals surface area contributed by atoms with Crippen molar-refractivity contribution in [1.29, 1.82) is 0 Å². The molecule has 3 heterocycles. The zero-order valence-electron chi connectivity index (χ0n) is 14.9. The van der Waals surface area contributed by atoms with Crippen LogP contribution in [0.25, 0.3) is 22.3 Å². The Balaban J connectivity index is 1.84. The van der Waals surface area contributed by atoms with Gasteiger partial charge in [-0.15, -0.1) is 0 Å². The second-order valence-electron chi connectivity index (χ2n) is 6.63. The van der Waals surface area contributed by atoms with Gasteiger partial charge in [0, 0.05) is 23.0 Å². The topological polar surface area (TPSA) is 118 Å². The number of nitrogen functional groups attached to an aromatic ring is 1. The van der Waals surface area contributed by atoms with Gasteiger partial charge in [-0.1, -0.05) is 18.2 Å². The third-order valence-electron chi connectivity index (χ3n) is 5.06. The summed E-state index contributed by atoms with van der Waals surface area (Å²) in [6, 6.07) is 10.7. The number of ether oxygens (including phenoxy) is 1. The lowest BCUT2D eigenvalue weighted by molar-refractivity contribution is 0.350. The van der Waals surface area contributed by atoms with Gasteiger partial charge in [0.25, 0.3) is 0 Å². The summed E-state index contributed by atoms with van der Waals surface area (Å²) in [5.74, 6) is 5.78. The van der Waals surface area contributed by atoms with Crippen molar-refractivity contribution in [3.63, 3.8) is 0 Å². The first kappa shape index (κ1) is 16.2. The SMILES string of the molecule is COc1cc(C2Nc3ccccc3-c3ncnc4c3c2cn4N)cc(O)c1O. The van der Waals surface area contributed by atoms with Crippen molar-refractivity contribution in [2.75, 3.05) is 18.3 Å². The molecule has 0 spiro atoms. The molecule has 4 aromatic rings. The number of aromatic nitrogens is 3. The number of hydrogen-bond donors (Lipinski definition) is 4. The van der Waals surface area contributed by atoms with Crippen molar-refractivity contribution < 1.29 is 14.9 Å². The van der Waals surface area contributed by atoms with Gasteiger partial charge in [-0.3, -0.25) is 4.68 Å². The van der Waals surface area contributed by atoms with Crippen LogP contribution < -0.4 is 15.9 Å². The van der Waals surface area contributed by atoms with Gasteiger partial charge < -0.3 is 26.1 Å². The van der Waals surface area contributed by atoms with E-state index in [1.54, 1.807) is 12.3 Å². The van der Waals surface area contributed by atoms with E-state index in [1.807, 2.05) is 24.3 Å². The average molecular weight is 375 g/mol. The molecule has 8 nitrogen and oxygen atoms in total. The Bertz CT molecular complexity index is 1230. The van der Waals surface area contributed by atoms with Crippen LogP contribution in [0.5, 0.6) is 17.2 Å². The van der Waals surface area contributed by atoms with Gasteiger partial charge in [0.05, 0.1) is 24.2 Å². The molecule has 5 N–H and O–H groups in total. The number of anilines is 1. The number of nitrogens with one attached hydrogen (secondary N) is 1. The molecule has 0 fully saturated rings. The summed E-state index contributed by atoms with van der Waals surface area (Å²) in [6.45, 7) is 0. The molecule has 1 aliphatic rings. The lowest BCUT2D eigenvalue weighted by atomic mass is 9.98. The first-order chi connectivity index (χ1) is 13.6. The number of nitrogens with two attached hydrogens (primary N) is 1. The summed E-state index contributed by atoms with van der Waals surface area (Å²) in [4.78, 5) is 8.85. The number of para-hydroxylation sites is 1. The number of rotatable bonds is 2. The number of benzene rings is 2. The molecule has 1 unspecified atom stereocenters. The summed E-state index contributed by atoms with van der Waals surface area (Å²) in [5.41, 5.74) is 4.77. The van der Waals surface area contributed by atoms with Gasteiger partial charge in [0.15, 0.2) is 17.1 Å². The summed E-state index contributed by atoms with van der Waals surface area (Å²) >= 11 is 0. The van der Waals surface area contributed by atoms with E-state index in [2.05, 4.69) is 15.3 Å². The van der Waals surface area contributed by atoms with E-state index in [0.29, 0.717) is 11.2 Å². The standard InChI is InChI=1S/C20H17N5O3/c1-28-15-7-10(6-14(26)19(15)27)17-12-8-25(21)20-16(12)18(22-9-23-20)11-4-2-3-5-13(11)24-17/h2-9,17,24,26-27H,21H2,1H3. The van der Waals surface area contributed by atoms with E-state index in [0.717, 1.165) is 27.9 Å². The highest BCUT2D eigenvalue weighted by molar-refractivity contribution is 5.99. The quantitative estimate of drug-likeness (QED) is 0.314. The van der Waals surface area contributed by atoms with E-state index in [4.69, 9.17) is 10.6 Å². The van der Waals surface area contributed by atoms with Crippen molar-refractivity contribution in [2.45, 2.75) is 6.04 Å². The highest BCUT2D eigenvalue weighted by Crippen LogP contribution is 2.45. The first-order valence-corrected chi connectivity index (χ1v) is 8.65. The molecule has 0 saturated carbocycles. The van der Waals surface area contributed by atoms with Crippen molar-refractivity contribution in [1.82, 2.24) is 14.6 Å². The largest absolute Gasteiger partial charge is 0.504 e. The van der Waals surface area contributed by atoms with Crippen LogP contribution in [0.15, 0.2) is 48.9 Å². The van der Waals surface area contributed by atoms with Crippen LogP contribution in [-0.2, 0) is 0 Å². The number of hydrogen-bond acceptors (Lipinski definition) is 7. The Labute approximate surface area is 159 Å². The lowest BCUT2D eigenvalue weighted by Gasteiger charge is -2.20. The fraction of sp³-hybridized carbons (Fsp3) is 0.100. The van der Waals surface area contributed by atoms with Gasteiger partial charge in [0.2, 0.25) is 5.75 Å². The molecule has 0 aliphatic carbocycles. The second kappa shape index (κ2) is 5.78. The van der Waals surface area contributed by atoms with Crippen molar-refractivity contribution in [3.8, 4) is 28.5 Å². The molecule has 0 radical (unpaired) electrons. The molecular weight excluding hydrogens is 358 g/mol. The number of methoxy groups -OCH3 is 1. The molecule has 2 aromatic heterocycles. The highest BCUT2D eigenvalue weighted by Gasteiger charge is 2.29. The smallest absolute Gasteiger partial charge is 0.200 e. The van der Waals surface area contributed by atoms with E-state index < -0.39 is 0 Å². The summed E-state index contributed by atoms with van der Waals surface area (Å²) in [6.07, 6.45) is 3.29. The summed E-state index contributed by atoms with van der Waals surface area (Å²) < 4.78 is 6.68. The Morgan fingerprint density at radius 3 is 2.82 bits per heavy atom. The van der Waals surface area contributed by atoms with Crippen LogP contribution in [0.1, 0.15) is 17.2 Å². The van der Waals surface area contributed by atoms with Crippen LogP contribution in [-0.4, -0.2) is 32.0 Å². The first-order valence-electron chi connectivity index (χ1n) is 8.65. The maximum atomic E-state index is 10.2. The number of phenols is 2. The highest BCUT2D eigenvalue weighted by atomic mass is 16.5. The maximum Gasteiger partial charge on any atom is 0.200 e. The van der Waals surface area contributed by atoms with Gasteiger partial charge in [0.1, 0.15) is 6.33 Å². The lowest BCUT2D eigenvalue weighted by Crippen LogP contribution is -2.12. The zero-order chi connectivity index (χ0) is 19.4. The Morgan fingerprint density at radius 2 is 2.00 bits per heavy atom. The fourth-order valence-electron chi connectivity index (χ4n) is 3.78. The minimum atomic E-state index is -0.374. The Hall–Kier alpha value is -3.94. The third-order valence-corrected chi connectivity index (χ3v) is 5.06. The predicted molar refractivity (Wildman–Crippen MR) is 105 cm³/mol. The third kappa shape index (κ3) is 2.18. The normalized spacial score (nSPS) is 15.0. The molecule has 140 valence electrons. The van der Waals surface area contributed by atoms with Crippen molar-refractivity contribution >= 4 is 16.7 Å². The second-order valence-corrected chi connectivity index (χ2v) is 6.63. The van der Waals surface area contributed by atoms with Crippen LogP contribution in [0.3, 0.4) is 0 Å². The molecule has 5 rings (SSSR count). The molecule has 0 saturated heterocycles. The van der Waals surface area contributed by atoms with Crippen molar-refractivity contribution in [3.05, 3.63) is 60.0 Å². The van der Waals surface area contributed by atoms with Gasteiger partial charge >= 0.3 is 0 Å². The maximum absolute atomic E-state index is 10.2. The van der Waals surface area contributed by atoms with Crippen molar-refractivity contribution in [2.24, 2.45) is 0 Å².